The minimum Gasteiger partial charge on any atom is -0.330 e. The molecule has 0 spiro atoms. The Morgan fingerprint density at radius 1 is 1.38 bits per heavy atom. The Hall–Kier alpha value is -0.660. The number of Topliss-reactive ketones (excluding diaryl/α,β-unsaturated/α-hetero) is 1. The molecule has 8 heteroatoms. The summed E-state index contributed by atoms with van der Waals surface area (Å²) in [5.41, 5.74) is 0. The number of nitrogens with zero attached hydrogens (tertiary/aromatic N) is 1. The Labute approximate surface area is 97.9 Å². The van der Waals surface area contributed by atoms with Gasteiger partial charge in [-0.1, -0.05) is 15.9 Å². The molecular weight excluding hydrogens is 298 g/mol. The molecule has 0 saturated heterocycles. The SMILES string of the molecule is CCN(CC(=O)CBr)C(=O)C(F)(F)C(F)F. The number of ketones is 1. The zero-order chi connectivity index (χ0) is 12.9. The van der Waals surface area contributed by atoms with Crippen molar-refractivity contribution in [2.45, 2.75) is 19.3 Å². The smallest absolute Gasteiger partial charge is 0.330 e. The number of halogens is 5. The van der Waals surface area contributed by atoms with Crippen molar-refractivity contribution in [3.05, 3.63) is 0 Å². The van der Waals surface area contributed by atoms with Gasteiger partial charge in [0.1, 0.15) is 0 Å². The highest BCUT2D eigenvalue weighted by atomic mass is 79.9. The fourth-order valence-electron chi connectivity index (χ4n) is 0.886. The first-order valence-corrected chi connectivity index (χ1v) is 5.42. The molecule has 0 atom stereocenters. The molecule has 0 aliphatic carbocycles. The number of alkyl halides is 5. The molecule has 1 amide bonds. The van der Waals surface area contributed by atoms with E-state index in [4.69, 9.17) is 0 Å². The maximum Gasteiger partial charge on any atom is 0.383 e. The van der Waals surface area contributed by atoms with Crippen LogP contribution in [0.1, 0.15) is 6.92 Å². The van der Waals surface area contributed by atoms with Crippen molar-refractivity contribution in [3.63, 3.8) is 0 Å². The molecule has 0 bridgehead atoms. The number of rotatable bonds is 6. The lowest BCUT2D eigenvalue weighted by Gasteiger charge is -2.24. The van der Waals surface area contributed by atoms with E-state index in [1.54, 1.807) is 0 Å². The average Bonchev–Trinajstić information content (AvgIpc) is 2.24. The van der Waals surface area contributed by atoms with Crippen LogP contribution in [0, 0.1) is 0 Å². The standard InChI is InChI=1S/C8H10BrF4NO2/c1-2-14(4-5(15)3-9)7(16)8(12,13)6(10)11/h6H,2-4H2,1H3. The van der Waals surface area contributed by atoms with E-state index in [-0.39, 0.29) is 11.9 Å². The van der Waals surface area contributed by atoms with E-state index in [0.717, 1.165) is 0 Å². The molecule has 0 rings (SSSR count). The summed E-state index contributed by atoms with van der Waals surface area (Å²) in [6.45, 7) is 0.476. The summed E-state index contributed by atoms with van der Waals surface area (Å²) in [6, 6.07) is 0. The number of carbonyl (C=O) groups excluding carboxylic acids is 2. The van der Waals surface area contributed by atoms with Gasteiger partial charge in [-0.25, -0.2) is 8.78 Å². The van der Waals surface area contributed by atoms with E-state index < -0.39 is 30.6 Å². The monoisotopic (exact) mass is 307 g/mol. The Balaban J connectivity index is 4.72. The van der Waals surface area contributed by atoms with E-state index >= 15 is 0 Å². The normalized spacial score (nSPS) is 11.7. The third kappa shape index (κ3) is 3.73. The molecule has 94 valence electrons. The number of likely N-dealkylation sites (N-methyl/N-ethyl adjacent to an activating group) is 1. The molecule has 0 fully saturated rings. The lowest BCUT2D eigenvalue weighted by molar-refractivity contribution is -0.180. The van der Waals surface area contributed by atoms with Gasteiger partial charge in [0.15, 0.2) is 5.78 Å². The van der Waals surface area contributed by atoms with E-state index in [1.165, 1.54) is 6.92 Å². The zero-order valence-electron chi connectivity index (χ0n) is 8.35. The number of amides is 1. The molecule has 0 unspecified atom stereocenters. The van der Waals surface area contributed by atoms with E-state index in [2.05, 4.69) is 15.9 Å². The van der Waals surface area contributed by atoms with Crippen molar-refractivity contribution in [1.29, 1.82) is 0 Å². The third-order valence-electron chi connectivity index (χ3n) is 1.74. The molecule has 16 heavy (non-hydrogen) atoms. The van der Waals surface area contributed by atoms with Crippen LogP contribution in [-0.4, -0.2) is 47.4 Å². The summed E-state index contributed by atoms with van der Waals surface area (Å²) in [7, 11) is 0. The fourth-order valence-corrected chi connectivity index (χ4v) is 1.06. The molecule has 0 heterocycles. The Bertz CT molecular complexity index is 273. The Kier molecular flexibility index (Phi) is 5.91. The third-order valence-corrected chi connectivity index (χ3v) is 2.37. The molecule has 0 aliphatic rings. The average molecular weight is 308 g/mol. The van der Waals surface area contributed by atoms with Gasteiger partial charge in [0.25, 0.3) is 5.91 Å². The van der Waals surface area contributed by atoms with Gasteiger partial charge >= 0.3 is 12.3 Å². The quantitative estimate of drug-likeness (QED) is 0.553. The summed E-state index contributed by atoms with van der Waals surface area (Å²) in [6.07, 6.45) is -4.08. The fraction of sp³-hybridized carbons (Fsp3) is 0.750. The number of carbonyl (C=O) groups is 2. The minimum absolute atomic E-state index is 0.128. The first-order valence-electron chi connectivity index (χ1n) is 4.30. The molecule has 0 aromatic rings. The first-order chi connectivity index (χ1) is 7.27. The highest BCUT2D eigenvalue weighted by Crippen LogP contribution is 2.25. The molecule has 0 aromatic carbocycles. The maximum atomic E-state index is 12.7. The van der Waals surface area contributed by atoms with E-state index in [1.807, 2.05) is 0 Å². The van der Waals surface area contributed by atoms with Crippen molar-refractivity contribution >= 4 is 27.6 Å². The van der Waals surface area contributed by atoms with E-state index in [9.17, 15) is 27.2 Å². The lowest BCUT2D eigenvalue weighted by atomic mass is 10.2. The van der Waals surface area contributed by atoms with Crippen LogP contribution >= 0.6 is 15.9 Å². The Morgan fingerprint density at radius 2 is 1.88 bits per heavy atom. The van der Waals surface area contributed by atoms with Crippen molar-refractivity contribution < 1.29 is 27.2 Å². The molecule has 0 aliphatic heterocycles. The zero-order valence-corrected chi connectivity index (χ0v) is 9.94. The van der Waals surface area contributed by atoms with Crippen molar-refractivity contribution in [2.24, 2.45) is 0 Å². The van der Waals surface area contributed by atoms with Crippen LogP contribution in [0.5, 0.6) is 0 Å². The summed E-state index contributed by atoms with van der Waals surface area (Å²) in [4.78, 5) is 22.3. The Morgan fingerprint density at radius 3 is 2.19 bits per heavy atom. The highest BCUT2D eigenvalue weighted by molar-refractivity contribution is 9.09. The van der Waals surface area contributed by atoms with Crippen LogP contribution in [0.25, 0.3) is 0 Å². The second kappa shape index (κ2) is 6.17. The number of hydrogen-bond acceptors (Lipinski definition) is 2. The van der Waals surface area contributed by atoms with Crippen molar-refractivity contribution in [2.75, 3.05) is 18.4 Å². The first kappa shape index (κ1) is 15.3. The van der Waals surface area contributed by atoms with E-state index in [0.29, 0.717) is 4.90 Å². The van der Waals surface area contributed by atoms with Crippen LogP contribution in [0.3, 0.4) is 0 Å². The second-order valence-corrected chi connectivity index (χ2v) is 3.48. The topological polar surface area (TPSA) is 37.4 Å². The van der Waals surface area contributed by atoms with Crippen LogP contribution in [0.4, 0.5) is 17.6 Å². The van der Waals surface area contributed by atoms with Crippen LogP contribution in [-0.2, 0) is 9.59 Å². The van der Waals surface area contributed by atoms with Crippen LogP contribution in [0.15, 0.2) is 0 Å². The minimum atomic E-state index is -4.75. The second-order valence-electron chi connectivity index (χ2n) is 2.92. The summed E-state index contributed by atoms with van der Waals surface area (Å²) in [5, 5.41) is -0.128. The van der Waals surface area contributed by atoms with Crippen molar-refractivity contribution in [1.82, 2.24) is 4.90 Å². The highest BCUT2D eigenvalue weighted by Gasteiger charge is 2.51. The number of hydrogen-bond donors (Lipinski definition) is 0. The lowest BCUT2D eigenvalue weighted by Crippen LogP contribution is -2.49. The van der Waals surface area contributed by atoms with Gasteiger partial charge in [0.2, 0.25) is 0 Å². The predicted octanol–water partition coefficient (Wildman–Crippen LogP) is 1.70. The molecule has 0 saturated carbocycles. The summed E-state index contributed by atoms with van der Waals surface area (Å²) in [5.74, 6) is -7.32. The van der Waals surface area contributed by atoms with Gasteiger partial charge in [0, 0.05) is 6.54 Å². The van der Waals surface area contributed by atoms with Gasteiger partial charge in [-0.2, -0.15) is 8.78 Å². The molecule has 0 radical (unpaired) electrons. The largest absolute Gasteiger partial charge is 0.383 e. The van der Waals surface area contributed by atoms with Gasteiger partial charge < -0.3 is 4.90 Å². The summed E-state index contributed by atoms with van der Waals surface area (Å²) >= 11 is 2.78. The predicted molar refractivity (Wildman–Crippen MR) is 52.0 cm³/mol. The van der Waals surface area contributed by atoms with Gasteiger partial charge in [-0.05, 0) is 6.92 Å². The van der Waals surface area contributed by atoms with Gasteiger partial charge in [-0.3, -0.25) is 9.59 Å². The maximum absolute atomic E-state index is 12.7. The van der Waals surface area contributed by atoms with Gasteiger partial charge in [-0.15, -0.1) is 0 Å². The molecule has 0 aromatic heterocycles. The van der Waals surface area contributed by atoms with Crippen LogP contribution in [0.2, 0.25) is 0 Å². The molecular formula is C8H10BrF4NO2. The van der Waals surface area contributed by atoms with Gasteiger partial charge in [0.05, 0.1) is 11.9 Å². The molecule has 0 N–H and O–H groups in total. The van der Waals surface area contributed by atoms with Crippen molar-refractivity contribution in [3.8, 4) is 0 Å². The molecule has 3 nitrogen and oxygen atoms in total. The summed E-state index contributed by atoms with van der Waals surface area (Å²) < 4.78 is 49.1. The van der Waals surface area contributed by atoms with Crippen LogP contribution < -0.4 is 0 Å².